The fraction of sp³-hybridized carbons (Fsp3) is 0.429. The molecule has 5 nitrogen and oxygen atoms in total. The number of likely N-dealkylation sites (tertiary alicyclic amines) is 1. The minimum absolute atomic E-state index is 0. The van der Waals surface area contributed by atoms with Crippen LogP contribution >= 0.6 is 35.3 Å². The van der Waals surface area contributed by atoms with Crippen molar-refractivity contribution in [2.75, 3.05) is 20.1 Å². The number of nitrogens with one attached hydrogen (secondary N) is 1. The Bertz CT molecular complexity index is 576. The van der Waals surface area contributed by atoms with E-state index >= 15 is 0 Å². The van der Waals surface area contributed by atoms with Crippen molar-refractivity contribution in [3.05, 3.63) is 29.5 Å². The molecule has 0 aliphatic carbocycles. The fourth-order valence-electron chi connectivity index (χ4n) is 2.33. The summed E-state index contributed by atoms with van der Waals surface area (Å²) < 4.78 is 5.51. The SMILES string of the molecule is CN=C(NCc1coc(-c2cccs2)n1)N1CCCC1.I. The minimum Gasteiger partial charge on any atom is -0.443 e. The van der Waals surface area contributed by atoms with Gasteiger partial charge in [0.15, 0.2) is 5.96 Å². The van der Waals surface area contributed by atoms with Crippen LogP contribution in [0.25, 0.3) is 10.8 Å². The van der Waals surface area contributed by atoms with E-state index in [1.807, 2.05) is 24.6 Å². The Morgan fingerprint density at radius 1 is 1.48 bits per heavy atom. The van der Waals surface area contributed by atoms with Crippen molar-refractivity contribution < 1.29 is 4.42 Å². The van der Waals surface area contributed by atoms with Crippen molar-refractivity contribution in [3.63, 3.8) is 0 Å². The Morgan fingerprint density at radius 2 is 2.29 bits per heavy atom. The van der Waals surface area contributed by atoms with E-state index in [1.54, 1.807) is 17.6 Å². The summed E-state index contributed by atoms with van der Waals surface area (Å²) in [5.74, 6) is 1.64. The second-order valence-corrected chi connectivity index (χ2v) is 5.66. The molecule has 3 heterocycles. The Kier molecular flexibility index (Phi) is 6.04. The van der Waals surface area contributed by atoms with Gasteiger partial charge in [-0.3, -0.25) is 4.99 Å². The highest BCUT2D eigenvalue weighted by molar-refractivity contribution is 14.0. The van der Waals surface area contributed by atoms with E-state index in [4.69, 9.17) is 4.42 Å². The van der Waals surface area contributed by atoms with Crippen LogP contribution in [0, 0.1) is 0 Å². The normalized spacial score (nSPS) is 15.1. The third-order valence-corrected chi connectivity index (χ3v) is 4.19. The first-order chi connectivity index (χ1) is 9.86. The third-order valence-electron chi connectivity index (χ3n) is 3.33. The van der Waals surface area contributed by atoms with Crippen LogP contribution in [-0.2, 0) is 6.54 Å². The lowest BCUT2D eigenvalue weighted by Crippen LogP contribution is -2.39. The summed E-state index contributed by atoms with van der Waals surface area (Å²) in [5.41, 5.74) is 0.897. The molecule has 0 saturated carbocycles. The maximum absolute atomic E-state index is 5.51. The highest BCUT2D eigenvalue weighted by Crippen LogP contribution is 2.23. The summed E-state index contributed by atoms with van der Waals surface area (Å²) in [7, 11) is 1.82. The highest BCUT2D eigenvalue weighted by Gasteiger charge is 2.16. The van der Waals surface area contributed by atoms with Gasteiger partial charge in [0.25, 0.3) is 0 Å². The third kappa shape index (κ3) is 3.97. The number of oxazole rings is 1. The standard InChI is InChI=1S/C14H18N4OS.HI/c1-15-14(18-6-2-3-7-18)16-9-11-10-19-13(17-11)12-5-4-8-20-12;/h4-5,8,10H,2-3,6-7,9H2,1H3,(H,15,16);1H. The van der Waals surface area contributed by atoms with Crippen molar-refractivity contribution in [3.8, 4) is 10.8 Å². The van der Waals surface area contributed by atoms with Gasteiger partial charge in [0.1, 0.15) is 6.26 Å². The Hall–Kier alpha value is -1.09. The van der Waals surface area contributed by atoms with Crippen LogP contribution in [-0.4, -0.2) is 36.0 Å². The van der Waals surface area contributed by atoms with Crippen molar-refractivity contribution in [1.29, 1.82) is 0 Å². The molecule has 0 amide bonds. The molecule has 1 fully saturated rings. The molecule has 1 aliphatic heterocycles. The van der Waals surface area contributed by atoms with E-state index in [9.17, 15) is 0 Å². The van der Waals surface area contributed by atoms with Crippen molar-refractivity contribution >= 4 is 41.3 Å². The molecule has 21 heavy (non-hydrogen) atoms. The number of aliphatic imine (C=N–C) groups is 1. The molecule has 0 radical (unpaired) electrons. The minimum atomic E-state index is 0. The van der Waals surface area contributed by atoms with E-state index < -0.39 is 0 Å². The largest absolute Gasteiger partial charge is 0.443 e. The number of nitrogens with zero attached hydrogens (tertiary/aromatic N) is 3. The summed E-state index contributed by atoms with van der Waals surface area (Å²) in [6.45, 7) is 2.80. The van der Waals surface area contributed by atoms with Gasteiger partial charge in [0.05, 0.1) is 17.1 Å². The molecule has 2 aromatic rings. The van der Waals surface area contributed by atoms with Gasteiger partial charge >= 0.3 is 0 Å². The van der Waals surface area contributed by atoms with E-state index in [0.29, 0.717) is 12.4 Å². The average molecular weight is 418 g/mol. The zero-order valence-electron chi connectivity index (χ0n) is 11.9. The first kappa shape index (κ1) is 16.3. The topological polar surface area (TPSA) is 53.7 Å². The lowest BCUT2D eigenvalue weighted by molar-refractivity contribution is 0.492. The molecular weight excluding hydrogens is 399 g/mol. The number of thiophene rings is 1. The van der Waals surface area contributed by atoms with Gasteiger partial charge in [-0.05, 0) is 24.3 Å². The van der Waals surface area contributed by atoms with Crippen LogP contribution in [0.2, 0.25) is 0 Å². The predicted molar refractivity (Wildman–Crippen MR) is 96.2 cm³/mol. The maximum atomic E-state index is 5.51. The number of hydrogen-bond donors (Lipinski definition) is 1. The summed E-state index contributed by atoms with van der Waals surface area (Å²) in [6.07, 6.45) is 4.19. The number of rotatable bonds is 3. The Balaban J connectivity index is 0.00000161. The monoisotopic (exact) mass is 418 g/mol. The molecule has 7 heteroatoms. The molecule has 1 N–H and O–H groups in total. The first-order valence-electron chi connectivity index (χ1n) is 6.80. The summed E-state index contributed by atoms with van der Waals surface area (Å²) in [6, 6.07) is 4.01. The molecule has 0 atom stereocenters. The number of hydrogen-bond acceptors (Lipinski definition) is 4. The van der Waals surface area contributed by atoms with Crippen LogP contribution < -0.4 is 5.32 Å². The second kappa shape index (κ2) is 7.79. The van der Waals surface area contributed by atoms with Gasteiger partial charge in [-0.2, -0.15) is 0 Å². The number of guanidine groups is 1. The summed E-state index contributed by atoms with van der Waals surface area (Å²) >= 11 is 1.63. The zero-order chi connectivity index (χ0) is 13.8. The van der Waals surface area contributed by atoms with Crippen LogP contribution in [0.5, 0.6) is 0 Å². The predicted octanol–water partition coefficient (Wildman–Crippen LogP) is 3.19. The molecular formula is C14H19IN4OS. The highest BCUT2D eigenvalue weighted by atomic mass is 127. The van der Waals surface area contributed by atoms with Crippen molar-refractivity contribution in [2.24, 2.45) is 4.99 Å². The molecule has 3 rings (SSSR count). The molecule has 0 spiro atoms. The van der Waals surface area contributed by atoms with Gasteiger partial charge in [-0.15, -0.1) is 35.3 Å². The smallest absolute Gasteiger partial charge is 0.236 e. The van der Waals surface area contributed by atoms with Crippen LogP contribution in [0.1, 0.15) is 18.5 Å². The summed E-state index contributed by atoms with van der Waals surface area (Å²) in [5, 5.41) is 5.36. The van der Waals surface area contributed by atoms with Gasteiger partial charge < -0.3 is 14.6 Å². The lowest BCUT2D eigenvalue weighted by atomic mass is 10.4. The van der Waals surface area contributed by atoms with Gasteiger partial charge in [0.2, 0.25) is 5.89 Å². The van der Waals surface area contributed by atoms with Crippen molar-refractivity contribution in [1.82, 2.24) is 15.2 Å². The van der Waals surface area contributed by atoms with Crippen LogP contribution in [0.3, 0.4) is 0 Å². The number of aromatic nitrogens is 1. The van der Waals surface area contributed by atoms with E-state index in [2.05, 4.69) is 20.2 Å². The van der Waals surface area contributed by atoms with Crippen molar-refractivity contribution in [2.45, 2.75) is 19.4 Å². The molecule has 114 valence electrons. The van der Waals surface area contributed by atoms with E-state index in [1.165, 1.54) is 12.8 Å². The van der Waals surface area contributed by atoms with Gasteiger partial charge in [-0.1, -0.05) is 6.07 Å². The quantitative estimate of drug-likeness (QED) is 0.473. The average Bonchev–Trinajstić information content (AvgIpc) is 3.22. The van der Waals surface area contributed by atoms with Crippen LogP contribution in [0.4, 0.5) is 0 Å². The molecule has 0 unspecified atom stereocenters. The second-order valence-electron chi connectivity index (χ2n) is 4.72. The maximum Gasteiger partial charge on any atom is 0.236 e. The fourth-order valence-corrected chi connectivity index (χ4v) is 2.99. The molecule has 0 aromatic carbocycles. The van der Waals surface area contributed by atoms with Gasteiger partial charge in [0, 0.05) is 20.1 Å². The molecule has 2 aromatic heterocycles. The van der Waals surface area contributed by atoms with E-state index in [-0.39, 0.29) is 24.0 Å². The summed E-state index contributed by atoms with van der Waals surface area (Å²) in [4.78, 5) is 12.1. The Morgan fingerprint density at radius 3 is 2.95 bits per heavy atom. The Labute approximate surface area is 145 Å². The molecule has 1 saturated heterocycles. The molecule has 1 aliphatic rings. The molecule has 0 bridgehead atoms. The lowest BCUT2D eigenvalue weighted by Gasteiger charge is -2.20. The van der Waals surface area contributed by atoms with Crippen LogP contribution in [0.15, 0.2) is 33.2 Å². The van der Waals surface area contributed by atoms with E-state index in [0.717, 1.165) is 29.6 Å². The number of halogens is 1. The van der Waals surface area contributed by atoms with Gasteiger partial charge in [-0.25, -0.2) is 4.98 Å². The first-order valence-corrected chi connectivity index (χ1v) is 7.68. The zero-order valence-corrected chi connectivity index (χ0v) is 15.1.